The Morgan fingerprint density at radius 1 is 1.19 bits per heavy atom. The molecule has 1 N–H and O–H groups in total. The van der Waals surface area contributed by atoms with Gasteiger partial charge >= 0.3 is 0 Å². The van der Waals surface area contributed by atoms with E-state index in [1.165, 1.54) is 23.5 Å². The Kier molecular flexibility index (Phi) is 5.48. The van der Waals surface area contributed by atoms with E-state index in [9.17, 15) is 9.59 Å². The lowest BCUT2D eigenvalue weighted by Gasteiger charge is -2.13. The van der Waals surface area contributed by atoms with Gasteiger partial charge in [-0.2, -0.15) is 5.10 Å². The van der Waals surface area contributed by atoms with Crippen LogP contribution in [0.5, 0.6) is 0 Å². The van der Waals surface area contributed by atoms with Crippen LogP contribution in [0.4, 0.5) is 0 Å². The Bertz CT molecular complexity index is 1360. The van der Waals surface area contributed by atoms with Gasteiger partial charge in [0.1, 0.15) is 5.39 Å². The third-order valence-electron chi connectivity index (χ3n) is 5.47. The number of amides is 1. The van der Waals surface area contributed by atoms with E-state index in [0.29, 0.717) is 33.5 Å². The molecule has 0 spiro atoms. The summed E-state index contributed by atoms with van der Waals surface area (Å²) < 4.78 is 3.27. The molecule has 0 aliphatic carbocycles. The number of fused-ring (bicyclic) bond motifs is 2. The second-order valence-corrected chi connectivity index (χ2v) is 9.19. The minimum atomic E-state index is -0.240. The highest BCUT2D eigenvalue weighted by Gasteiger charge is 2.29. The maximum atomic E-state index is 13.2. The molecule has 1 aliphatic rings. The van der Waals surface area contributed by atoms with E-state index in [-0.39, 0.29) is 23.9 Å². The van der Waals surface area contributed by atoms with Crippen LogP contribution >= 0.6 is 23.4 Å². The summed E-state index contributed by atoms with van der Waals surface area (Å²) in [7, 11) is 0. The van der Waals surface area contributed by atoms with Gasteiger partial charge in [0.2, 0.25) is 5.91 Å². The van der Waals surface area contributed by atoms with E-state index < -0.39 is 0 Å². The van der Waals surface area contributed by atoms with E-state index in [4.69, 9.17) is 16.6 Å². The molecular weight excluding hydrogens is 446 g/mol. The minimum absolute atomic E-state index is 0.0899. The molecule has 1 amide bonds. The van der Waals surface area contributed by atoms with Crippen molar-refractivity contribution in [2.45, 2.75) is 31.1 Å². The molecule has 0 radical (unpaired) electrons. The molecule has 4 aromatic rings. The van der Waals surface area contributed by atoms with Crippen LogP contribution in [0.15, 0.2) is 64.7 Å². The summed E-state index contributed by atoms with van der Waals surface area (Å²) in [5.74, 6) is 0.536. The summed E-state index contributed by atoms with van der Waals surface area (Å²) in [6.07, 6.45) is 1.76. The number of hydrogen-bond donors (Lipinski definition) is 1. The zero-order chi connectivity index (χ0) is 22.2. The third kappa shape index (κ3) is 3.91. The Hall–Kier alpha value is -3.10. The third-order valence-corrected chi connectivity index (χ3v) is 6.82. The fourth-order valence-corrected chi connectivity index (χ4v) is 5.00. The van der Waals surface area contributed by atoms with Gasteiger partial charge in [0.05, 0.1) is 17.9 Å². The van der Waals surface area contributed by atoms with Gasteiger partial charge in [-0.05, 0) is 36.8 Å². The van der Waals surface area contributed by atoms with Crippen molar-refractivity contribution in [1.82, 2.24) is 24.6 Å². The fraction of sp³-hybridized carbons (Fsp3) is 0.217. The first-order valence-electron chi connectivity index (χ1n) is 10.2. The topological polar surface area (TPSA) is 81.8 Å². The first-order valence-corrected chi connectivity index (χ1v) is 11.6. The van der Waals surface area contributed by atoms with Crippen molar-refractivity contribution in [3.63, 3.8) is 0 Å². The highest BCUT2D eigenvalue weighted by Crippen LogP contribution is 2.33. The first kappa shape index (κ1) is 20.8. The molecule has 0 saturated carbocycles. The fourth-order valence-electron chi connectivity index (χ4n) is 3.74. The molecule has 2 aromatic carbocycles. The molecule has 3 heterocycles. The highest BCUT2D eigenvalue weighted by atomic mass is 35.5. The summed E-state index contributed by atoms with van der Waals surface area (Å²) in [5, 5.41) is 8.97. The van der Waals surface area contributed by atoms with Crippen LogP contribution in [-0.4, -0.2) is 31.0 Å². The number of halogens is 1. The number of rotatable bonds is 5. The van der Waals surface area contributed by atoms with Gasteiger partial charge in [0, 0.05) is 23.7 Å². The van der Waals surface area contributed by atoms with E-state index >= 15 is 0 Å². The summed E-state index contributed by atoms with van der Waals surface area (Å²) in [4.78, 5) is 30.5. The predicted molar refractivity (Wildman–Crippen MR) is 126 cm³/mol. The molecule has 9 heteroatoms. The van der Waals surface area contributed by atoms with Crippen LogP contribution in [0.2, 0.25) is 5.02 Å². The van der Waals surface area contributed by atoms with Crippen molar-refractivity contribution in [1.29, 1.82) is 0 Å². The molecule has 2 aromatic heterocycles. The van der Waals surface area contributed by atoms with Crippen LogP contribution < -0.4 is 10.9 Å². The van der Waals surface area contributed by atoms with Gasteiger partial charge in [-0.25, -0.2) is 9.67 Å². The van der Waals surface area contributed by atoms with Crippen LogP contribution in [0, 0.1) is 6.92 Å². The van der Waals surface area contributed by atoms with Gasteiger partial charge in [0.15, 0.2) is 10.8 Å². The zero-order valence-electron chi connectivity index (χ0n) is 17.3. The lowest BCUT2D eigenvalue weighted by atomic mass is 10.1. The molecule has 1 aliphatic heterocycles. The predicted octanol–water partition coefficient (Wildman–Crippen LogP) is 3.90. The summed E-state index contributed by atoms with van der Waals surface area (Å²) in [6, 6.07) is 15.0. The first-order chi connectivity index (χ1) is 15.5. The van der Waals surface area contributed by atoms with Crippen LogP contribution in [0.3, 0.4) is 0 Å². The number of benzene rings is 2. The number of aryl methyl sites for hydroxylation is 1. The van der Waals surface area contributed by atoms with Gasteiger partial charge in [0.25, 0.3) is 5.56 Å². The average molecular weight is 466 g/mol. The van der Waals surface area contributed by atoms with Gasteiger partial charge < -0.3 is 5.32 Å². The van der Waals surface area contributed by atoms with Crippen molar-refractivity contribution in [2.24, 2.45) is 0 Å². The summed E-state index contributed by atoms with van der Waals surface area (Å²) in [6.45, 7) is 2.49. The zero-order valence-corrected chi connectivity index (χ0v) is 18.9. The Labute approximate surface area is 193 Å². The van der Waals surface area contributed by atoms with E-state index in [0.717, 1.165) is 11.3 Å². The number of nitrogens with zero attached hydrogens (tertiary/aromatic N) is 4. The number of thioether (sulfide) groups is 1. The minimum Gasteiger partial charge on any atom is -0.352 e. The lowest BCUT2D eigenvalue weighted by Crippen LogP contribution is -2.30. The van der Waals surface area contributed by atoms with Crippen LogP contribution in [0.1, 0.15) is 23.6 Å². The standard InChI is InChI=1S/C23H20ClN5O2S/c1-14-2-4-15(5-3-14)11-25-20(30)10-18-13-32-23-27-21-19(22(31)28(18)23)12-26-29(21)17-8-6-16(24)7-9-17/h2-9,12,18H,10-11,13H2,1H3,(H,25,30). The number of carbonyl (C=O) groups excluding carboxylic acids is 1. The van der Waals surface area contributed by atoms with Gasteiger partial charge in [-0.1, -0.05) is 53.2 Å². The molecule has 1 unspecified atom stereocenters. The lowest BCUT2D eigenvalue weighted by molar-refractivity contribution is -0.121. The number of hydrogen-bond acceptors (Lipinski definition) is 5. The molecule has 1 atom stereocenters. The maximum absolute atomic E-state index is 13.2. The highest BCUT2D eigenvalue weighted by molar-refractivity contribution is 7.99. The molecule has 0 fully saturated rings. The van der Waals surface area contributed by atoms with E-state index in [1.54, 1.807) is 21.4 Å². The number of aromatic nitrogens is 4. The molecule has 32 heavy (non-hydrogen) atoms. The maximum Gasteiger partial charge on any atom is 0.265 e. The monoisotopic (exact) mass is 465 g/mol. The van der Waals surface area contributed by atoms with Crippen molar-refractivity contribution in [3.05, 3.63) is 81.2 Å². The van der Waals surface area contributed by atoms with Crippen LogP contribution in [0.25, 0.3) is 16.7 Å². The smallest absolute Gasteiger partial charge is 0.265 e. The SMILES string of the molecule is Cc1ccc(CNC(=O)CC2CSc3nc4c(cnn4-c4ccc(Cl)cc4)c(=O)n32)cc1. The average Bonchev–Trinajstić information content (AvgIpc) is 3.39. The molecule has 0 bridgehead atoms. The Morgan fingerprint density at radius 3 is 2.69 bits per heavy atom. The van der Waals surface area contributed by atoms with E-state index in [1.807, 2.05) is 43.3 Å². The summed E-state index contributed by atoms with van der Waals surface area (Å²) >= 11 is 7.46. The molecule has 162 valence electrons. The van der Waals surface area contributed by atoms with Crippen molar-refractivity contribution < 1.29 is 4.79 Å². The van der Waals surface area contributed by atoms with Gasteiger partial charge in [-0.3, -0.25) is 14.2 Å². The number of carbonyl (C=O) groups is 1. The second-order valence-electron chi connectivity index (χ2n) is 7.77. The largest absolute Gasteiger partial charge is 0.352 e. The van der Waals surface area contributed by atoms with Crippen molar-refractivity contribution in [3.8, 4) is 5.69 Å². The van der Waals surface area contributed by atoms with E-state index in [2.05, 4.69) is 10.4 Å². The van der Waals surface area contributed by atoms with Crippen molar-refractivity contribution in [2.75, 3.05) is 5.75 Å². The number of nitrogens with one attached hydrogen (secondary N) is 1. The Morgan fingerprint density at radius 2 is 1.94 bits per heavy atom. The Balaban J connectivity index is 1.37. The van der Waals surface area contributed by atoms with Gasteiger partial charge in [-0.15, -0.1) is 0 Å². The molecular formula is C23H20ClN5O2S. The molecule has 0 saturated heterocycles. The molecule has 5 rings (SSSR count). The van der Waals surface area contributed by atoms with Crippen molar-refractivity contribution >= 4 is 40.3 Å². The summed E-state index contributed by atoms with van der Waals surface area (Å²) in [5.41, 5.74) is 3.32. The molecule has 7 nitrogen and oxygen atoms in total. The normalized spacial score (nSPS) is 15.1. The van der Waals surface area contributed by atoms with Crippen LogP contribution in [-0.2, 0) is 11.3 Å². The second kappa shape index (κ2) is 8.44. The quantitative estimate of drug-likeness (QED) is 0.452.